The fourth-order valence-corrected chi connectivity index (χ4v) is 3.89. The zero-order valence-corrected chi connectivity index (χ0v) is 12.9. The van der Waals surface area contributed by atoms with E-state index in [2.05, 4.69) is 22.6 Å². The molecule has 96 valence electrons. The van der Waals surface area contributed by atoms with E-state index in [4.69, 9.17) is 0 Å². The number of imide groups is 1. The molecule has 2 amide bonds. The third kappa shape index (κ3) is 2.32. The Hall–Kier alpha value is -1.21. The Morgan fingerprint density at radius 1 is 1.00 bits per heavy atom. The molecule has 0 fully saturated rings. The molecule has 0 saturated heterocycles. The number of benzene rings is 1. The van der Waals surface area contributed by atoms with Gasteiger partial charge in [-0.15, -0.1) is 11.3 Å². The lowest BCUT2D eigenvalue weighted by molar-refractivity contribution is 0.0656. The molecule has 19 heavy (non-hydrogen) atoms. The van der Waals surface area contributed by atoms with Gasteiger partial charge in [-0.25, -0.2) is 0 Å². The Labute approximate surface area is 128 Å². The smallest absolute Gasteiger partial charge is 0.261 e. The maximum atomic E-state index is 12.1. The van der Waals surface area contributed by atoms with Crippen molar-refractivity contribution < 1.29 is 9.59 Å². The summed E-state index contributed by atoms with van der Waals surface area (Å²) in [5.74, 6) is -0.348. The second-order valence-electron chi connectivity index (χ2n) is 4.26. The Kier molecular flexibility index (Phi) is 3.40. The molecular weight excluding hydrogens is 373 g/mol. The Morgan fingerprint density at radius 2 is 1.63 bits per heavy atom. The summed E-state index contributed by atoms with van der Waals surface area (Å²) < 4.78 is 1.22. The molecule has 2 heterocycles. The minimum atomic E-state index is -0.174. The lowest BCUT2D eigenvalue weighted by atomic mass is 10.1. The highest BCUT2D eigenvalue weighted by Crippen LogP contribution is 2.24. The number of nitrogens with zero attached hydrogens (tertiary/aromatic N) is 1. The van der Waals surface area contributed by atoms with Crippen molar-refractivity contribution in [1.82, 2.24) is 4.90 Å². The standard InChI is InChI=1S/C14H10INO2S/c15-12-6-5-9(19-12)7-8-16-13(17)10-3-1-2-4-11(10)14(16)18/h1-6H,7-8H2. The Morgan fingerprint density at radius 3 is 2.16 bits per heavy atom. The van der Waals surface area contributed by atoms with Gasteiger partial charge in [0.1, 0.15) is 0 Å². The molecule has 3 nitrogen and oxygen atoms in total. The Balaban J connectivity index is 1.77. The van der Waals surface area contributed by atoms with E-state index in [9.17, 15) is 9.59 Å². The molecule has 0 N–H and O–H groups in total. The third-order valence-electron chi connectivity index (χ3n) is 3.09. The van der Waals surface area contributed by atoms with Gasteiger partial charge in [-0.3, -0.25) is 14.5 Å². The summed E-state index contributed by atoms with van der Waals surface area (Å²) >= 11 is 3.96. The van der Waals surface area contributed by atoms with Crippen LogP contribution in [-0.4, -0.2) is 23.3 Å². The largest absolute Gasteiger partial charge is 0.274 e. The van der Waals surface area contributed by atoms with Gasteiger partial charge in [-0.2, -0.15) is 0 Å². The van der Waals surface area contributed by atoms with Crippen molar-refractivity contribution in [1.29, 1.82) is 0 Å². The van der Waals surface area contributed by atoms with E-state index in [-0.39, 0.29) is 11.8 Å². The third-order valence-corrected chi connectivity index (χ3v) is 5.04. The van der Waals surface area contributed by atoms with Gasteiger partial charge in [-0.05, 0) is 53.3 Å². The van der Waals surface area contributed by atoms with Crippen LogP contribution in [0.3, 0.4) is 0 Å². The van der Waals surface area contributed by atoms with Gasteiger partial charge in [0.05, 0.1) is 14.0 Å². The first-order chi connectivity index (χ1) is 9.16. The van der Waals surface area contributed by atoms with Gasteiger partial charge < -0.3 is 0 Å². The SMILES string of the molecule is O=C1c2ccccc2C(=O)N1CCc1ccc(I)s1. The number of fused-ring (bicyclic) bond motifs is 1. The van der Waals surface area contributed by atoms with E-state index in [0.717, 1.165) is 6.42 Å². The number of carbonyl (C=O) groups is 2. The van der Waals surface area contributed by atoms with E-state index in [1.807, 2.05) is 12.1 Å². The summed E-state index contributed by atoms with van der Waals surface area (Å²) in [5, 5.41) is 0. The number of halogens is 1. The highest BCUT2D eigenvalue weighted by Gasteiger charge is 2.34. The van der Waals surface area contributed by atoms with Gasteiger partial charge in [0.15, 0.2) is 0 Å². The average Bonchev–Trinajstić information content (AvgIpc) is 2.93. The monoisotopic (exact) mass is 383 g/mol. The molecule has 5 heteroatoms. The van der Waals surface area contributed by atoms with Crippen LogP contribution in [0.15, 0.2) is 36.4 Å². The molecule has 0 bridgehead atoms. The van der Waals surface area contributed by atoms with Crippen molar-refractivity contribution in [3.8, 4) is 0 Å². The number of amides is 2. The van der Waals surface area contributed by atoms with Crippen LogP contribution in [0.2, 0.25) is 0 Å². The maximum Gasteiger partial charge on any atom is 0.261 e. The van der Waals surface area contributed by atoms with Gasteiger partial charge in [-0.1, -0.05) is 12.1 Å². The summed E-state index contributed by atoms with van der Waals surface area (Å²) in [4.78, 5) is 26.8. The van der Waals surface area contributed by atoms with Crippen molar-refractivity contribution in [3.63, 3.8) is 0 Å². The summed E-state index contributed by atoms with van der Waals surface area (Å²) in [5.41, 5.74) is 1.04. The zero-order chi connectivity index (χ0) is 13.4. The van der Waals surface area contributed by atoms with E-state index in [0.29, 0.717) is 17.7 Å². The molecule has 2 aromatic rings. The summed E-state index contributed by atoms with van der Waals surface area (Å²) in [6.07, 6.45) is 0.721. The van der Waals surface area contributed by atoms with Crippen molar-refractivity contribution in [2.45, 2.75) is 6.42 Å². The van der Waals surface area contributed by atoms with Gasteiger partial charge in [0.25, 0.3) is 11.8 Å². The molecule has 3 rings (SSSR count). The molecule has 0 radical (unpaired) electrons. The molecule has 0 unspecified atom stereocenters. The quantitative estimate of drug-likeness (QED) is 0.603. The van der Waals surface area contributed by atoms with Crippen LogP contribution < -0.4 is 0 Å². The normalized spacial score (nSPS) is 14.1. The van der Waals surface area contributed by atoms with Crippen LogP contribution in [-0.2, 0) is 6.42 Å². The topological polar surface area (TPSA) is 37.4 Å². The number of thiophene rings is 1. The first-order valence-electron chi connectivity index (χ1n) is 5.86. The lowest BCUT2D eigenvalue weighted by Gasteiger charge is -2.12. The van der Waals surface area contributed by atoms with E-state index >= 15 is 0 Å². The molecular formula is C14H10INO2S. The van der Waals surface area contributed by atoms with E-state index in [1.54, 1.807) is 35.6 Å². The van der Waals surface area contributed by atoms with Gasteiger partial charge in [0.2, 0.25) is 0 Å². The molecule has 1 aromatic heterocycles. The first-order valence-corrected chi connectivity index (χ1v) is 7.76. The number of carbonyl (C=O) groups excluding carboxylic acids is 2. The van der Waals surface area contributed by atoms with Crippen LogP contribution in [0.4, 0.5) is 0 Å². The van der Waals surface area contributed by atoms with Crippen LogP contribution in [0.1, 0.15) is 25.6 Å². The van der Waals surface area contributed by atoms with Crippen LogP contribution >= 0.6 is 33.9 Å². The molecule has 0 atom stereocenters. The molecule has 1 aromatic carbocycles. The lowest BCUT2D eigenvalue weighted by Crippen LogP contribution is -2.31. The molecule has 0 saturated carbocycles. The Bertz CT molecular complexity index is 630. The van der Waals surface area contributed by atoms with Crippen molar-refractivity contribution in [2.24, 2.45) is 0 Å². The first kappa shape index (κ1) is 12.8. The number of hydrogen-bond donors (Lipinski definition) is 0. The van der Waals surface area contributed by atoms with Crippen LogP contribution in [0.25, 0.3) is 0 Å². The fourth-order valence-electron chi connectivity index (χ4n) is 2.15. The highest BCUT2D eigenvalue weighted by atomic mass is 127. The molecule has 0 spiro atoms. The molecule has 1 aliphatic rings. The zero-order valence-electron chi connectivity index (χ0n) is 9.93. The fraction of sp³-hybridized carbons (Fsp3) is 0.143. The molecule has 1 aliphatic heterocycles. The molecule has 0 aliphatic carbocycles. The summed E-state index contributed by atoms with van der Waals surface area (Å²) in [7, 11) is 0. The highest BCUT2D eigenvalue weighted by molar-refractivity contribution is 14.1. The second kappa shape index (κ2) is 5.05. The summed E-state index contributed by atoms with van der Waals surface area (Å²) in [6.45, 7) is 0.447. The van der Waals surface area contributed by atoms with Gasteiger partial charge >= 0.3 is 0 Å². The van der Waals surface area contributed by atoms with Crippen molar-refractivity contribution >= 4 is 45.7 Å². The van der Waals surface area contributed by atoms with E-state index in [1.165, 1.54) is 12.7 Å². The maximum absolute atomic E-state index is 12.1. The predicted octanol–water partition coefficient (Wildman–Crippen LogP) is 3.19. The van der Waals surface area contributed by atoms with Crippen LogP contribution in [0.5, 0.6) is 0 Å². The number of rotatable bonds is 3. The van der Waals surface area contributed by atoms with Crippen LogP contribution in [0, 0.1) is 2.88 Å². The minimum Gasteiger partial charge on any atom is -0.274 e. The van der Waals surface area contributed by atoms with E-state index < -0.39 is 0 Å². The summed E-state index contributed by atoms with van der Waals surface area (Å²) in [6, 6.07) is 11.1. The van der Waals surface area contributed by atoms with Crippen molar-refractivity contribution in [2.75, 3.05) is 6.54 Å². The number of hydrogen-bond acceptors (Lipinski definition) is 3. The average molecular weight is 383 g/mol. The predicted molar refractivity (Wildman–Crippen MR) is 82.5 cm³/mol. The van der Waals surface area contributed by atoms with Gasteiger partial charge in [0, 0.05) is 11.4 Å². The van der Waals surface area contributed by atoms with Crippen molar-refractivity contribution in [3.05, 3.63) is 55.3 Å². The second-order valence-corrected chi connectivity index (χ2v) is 7.33. The minimum absolute atomic E-state index is 0.174.